The lowest BCUT2D eigenvalue weighted by atomic mass is 9.95. The summed E-state index contributed by atoms with van der Waals surface area (Å²) in [5, 5.41) is 15.6. The molecule has 3 unspecified atom stereocenters. The van der Waals surface area contributed by atoms with E-state index < -0.39 is 10.8 Å². The van der Waals surface area contributed by atoms with Gasteiger partial charge in [0.2, 0.25) is 0 Å². The van der Waals surface area contributed by atoms with Crippen molar-refractivity contribution >= 4 is 46.4 Å². The van der Waals surface area contributed by atoms with Crippen LogP contribution in [0.5, 0.6) is 0 Å². The van der Waals surface area contributed by atoms with Crippen molar-refractivity contribution < 1.29 is 4.21 Å². The Morgan fingerprint density at radius 2 is 2.18 bits per heavy atom. The fraction of sp³-hybridized carbons (Fsp3) is 0.632. The third-order valence-electron chi connectivity index (χ3n) is 4.96. The second kappa shape index (κ2) is 11.7. The first-order valence-electron chi connectivity index (χ1n) is 9.92. The highest BCUT2D eigenvalue weighted by atomic mass is 127. The van der Waals surface area contributed by atoms with E-state index in [0.717, 1.165) is 61.8 Å². The molecule has 1 aliphatic carbocycles. The molecule has 0 amide bonds. The molecule has 3 atom stereocenters. The maximum atomic E-state index is 12.2. The molecule has 7 nitrogen and oxygen atoms in total. The number of rotatable bonds is 7. The summed E-state index contributed by atoms with van der Waals surface area (Å²) in [7, 11) is -0.710. The van der Waals surface area contributed by atoms with Gasteiger partial charge < -0.3 is 10.6 Å². The zero-order chi connectivity index (χ0) is 19.1. The van der Waals surface area contributed by atoms with Gasteiger partial charge >= 0.3 is 0 Å². The lowest BCUT2D eigenvalue weighted by molar-refractivity contribution is 0.413. The summed E-state index contributed by atoms with van der Waals surface area (Å²) in [6.07, 6.45) is 6.98. The van der Waals surface area contributed by atoms with Gasteiger partial charge in [-0.15, -0.1) is 34.2 Å². The first-order valence-corrected chi connectivity index (χ1v) is 11.3. The van der Waals surface area contributed by atoms with Gasteiger partial charge in [0.05, 0.1) is 0 Å². The highest BCUT2D eigenvalue weighted by molar-refractivity contribution is 14.0. The van der Waals surface area contributed by atoms with Crippen molar-refractivity contribution in [3.05, 3.63) is 30.2 Å². The molecule has 156 valence electrons. The number of fused-ring (bicyclic) bond motifs is 1. The Labute approximate surface area is 186 Å². The van der Waals surface area contributed by atoms with Gasteiger partial charge in [0, 0.05) is 53.6 Å². The number of pyridine rings is 1. The fourth-order valence-electron chi connectivity index (χ4n) is 3.59. The van der Waals surface area contributed by atoms with Gasteiger partial charge in [0.1, 0.15) is 5.82 Å². The van der Waals surface area contributed by atoms with Crippen LogP contribution >= 0.6 is 24.0 Å². The number of hydrogen-bond donors (Lipinski definition) is 2. The maximum Gasteiger partial charge on any atom is 0.191 e. The van der Waals surface area contributed by atoms with E-state index in [2.05, 4.69) is 27.8 Å². The molecule has 0 saturated heterocycles. The minimum absolute atomic E-state index is 0. The van der Waals surface area contributed by atoms with Crippen LogP contribution in [0.1, 0.15) is 45.4 Å². The molecular weight excluding hydrogens is 487 g/mol. The van der Waals surface area contributed by atoms with E-state index in [4.69, 9.17) is 4.99 Å². The van der Waals surface area contributed by atoms with Crippen LogP contribution in [0.15, 0.2) is 29.4 Å². The smallest absolute Gasteiger partial charge is 0.191 e. The molecule has 2 aromatic rings. The van der Waals surface area contributed by atoms with Crippen molar-refractivity contribution in [1.29, 1.82) is 0 Å². The van der Waals surface area contributed by atoms with Gasteiger partial charge in [-0.25, -0.2) is 0 Å². The van der Waals surface area contributed by atoms with Crippen LogP contribution in [0.3, 0.4) is 0 Å². The van der Waals surface area contributed by atoms with Gasteiger partial charge in [-0.1, -0.05) is 19.4 Å². The average molecular weight is 518 g/mol. The zero-order valence-corrected chi connectivity index (χ0v) is 19.8. The van der Waals surface area contributed by atoms with Crippen molar-refractivity contribution in [2.75, 3.05) is 18.8 Å². The molecule has 3 rings (SSSR count). The molecule has 0 bridgehead atoms. The second-order valence-corrected chi connectivity index (χ2v) is 8.86. The van der Waals surface area contributed by atoms with Gasteiger partial charge in [-0.2, -0.15) is 0 Å². The van der Waals surface area contributed by atoms with E-state index in [9.17, 15) is 4.21 Å². The fourth-order valence-corrected chi connectivity index (χ4v) is 4.94. The molecule has 1 saturated carbocycles. The highest BCUT2D eigenvalue weighted by Gasteiger charge is 2.26. The van der Waals surface area contributed by atoms with Crippen molar-refractivity contribution in [1.82, 2.24) is 25.2 Å². The molecule has 2 heterocycles. The van der Waals surface area contributed by atoms with Crippen molar-refractivity contribution in [3.63, 3.8) is 0 Å². The summed E-state index contributed by atoms with van der Waals surface area (Å²) in [5.74, 6) is 2.50. The third kappa shape index (κ3) is 6.13. The molecule has 2 N–H and O–H groups in total. The largest absolute Gasteiger partial charge is 0.357 e. The van der Waals surface area contributed by atoms with Crippen LogP contribution < -0.4 is 10.6 Å². The average Bonchev–Trinajstić information content (AvgIpc) is 3.11. The number of hydrogen-bond acceptors (Lipinski definition) is 4. The first kappa shape index (κ1) is 23.1. The molecule has 0 aliphatic heterocycles. The van der Waals surface area contributed by atoms with E-state index in [1.54, 1.807) is 0 Å². The number of guanidine groups is 1. The van der Waals surface area contributed by atoms with E-state index >= 15 is 0 Å². The Kier molecular flexibility index (Phi) is 9.63. The number of nitrogens with zero attached hydrogens (tertiary/aromatic N) is 4. The minimum atomic E-state index is -0.710. The predicted octanol–water partition coefficient (Wildman–Crippen LogP) is 2.52. The van der Waals surface area contributed by atoms with Crippen LogP contribution in [-0.4, -0.2) is 54.9 Å². The van der Waals surface area contributed by atoms with E-state index in [1.165, 1.54) is 0 Å². The van der Waals surface area contributed by atoms with E-state index in [1.807, 2.05) is 35.7 Å². The minimum Gasteiger partial charge on any atom is -0.357 e. The summed E-state index contributed by atoms with van der Waals surface area (Å²) in [5.41, 5.74) is 0.860. The zero-order valence-electron chi connectivity index (χ0n) is 16.6. The van der Waals surface area contributed by atoms with Crippen molar-refractivity contribution in [2.24, 2.45) is 4.99 Å². The van der Waals surface area contributed by atoms with E-state index in [-0.39, 0.29) is 24.0 Å². The first-order chi connectivity index (χ1) is 13.2. The molecule has 1 fully saturated rings. The topological polar surface area (TPSA) is 83.7 Å². The molecule has 0 spiro atoms. The van der Waals surface area contributed by atoms with Gasteiger partial charge in [-0.05, 0) is 38.3 Å². The van der Waals surface area contributed by atoms with Crippen LogP contribution in [0.25, 0.3) is 5.65 Å². The van der Waals surface area contributed by atoms with Crippen LogP contribution in [0.2, 0.25) is 0 Å². The standard InChI is InChI=1S/C19H30N6OS.HI/c1-3-20-19(22-15-8-7-9-16(14-15)27(26)4-2)21-12-11-18-24-23-17-10-5-6-13-25(17)18;/h5-6,10,13,15-16H,3-4,7-9,11-12,14H2,1-2H3,(H2,20,21,22);1H. The molecule has 28 heavy (non-hydrogen) atoms. The molecule has 1 aliphatic rings. The second-order valence-electron chi connectivity index (χ2n) is 6.86. The molecule has 2 aromatic heterocycles. The number of nitrogens with one attached hydrogen (secondary N) is 2. The number of aromatic nitrogens is 3. The Morgan fingerprint density at radius 1 is 1.32 bits per heavy atom. The van der Waals surface area contributed by atoms with E-state index in [0.29, 0.717) is 17.8 Å². The van der Waals surface area contributed by atoms with Crippen LogP contribution in [-0.2, 0) is 17.2 Å². The lowest BCUT2D eigenvalue weighted by Gasteiger charge is -2.30. The third-order valence-corrected chi connectivity index (χ3v) is 6.70. The van der Waals surface area contributed by atoms with Crippen LogP contribution in [0.4, 0.5) is 0 Å². The van der Waals surface area contributed by atoms with Crippen LogP contribution in [0, 0.1) is 0 Å². The Morgan fingerprint density at radius 3 is 2.96 bits per heavy atom. The number of halogens is 1. The summed E-state index contributed by atoms with van der Waals surface area (Å²) < 4.78 is 14.2. The van der Waals surface area contributed by atoms with Gasteiger partial charge in [-0.3, -0.25) is 13.6 Å². The maximum absolute atomic E-state index is 12.2. The summed E-state index contributed by atoms with van der Waals surface area (Å²) >= 11 is 0. The quantitative estimate of drug-likeness (QED) is 0.335. The predicted molar refractivity (Wildman–Crippen MR) is 126 cm³/mol. The Hall–Kier alpha value is -1.23. The Bertz CT molecular complexity index is 796. The normalized spacial score (nSPS) is 21.1. The SMILES string of the molecule is CCNC(=NCCc1nnc2ccccn12)NC1CCCC(S(=O)CC)C1.I. The summed E-state index contributed by atoms with van der Waals surface area (Å²) in [6, 6.07) is 6.23. The molecule has 9 heteroatoms. The van der Waals surface area contributed by atoms with Gasteiger partial charge in [0.15, 0.2) is 11.6 Å². The lowest BCUT2D eigenvalue weighted by Crippen LogP contribution is -2.46. The summed E-state index contributed by atoms with van der Waals surface area (Å²) in [4.78, 5) is 4.72. The van der Waals surface area contributed by atoms with Crippen molar-refractivity contribution in [2.45, 2.75) is 57.2 Å². The summed E-state index contributed by atoms with van der Waals surface area (Å²) in [6.45, 7) is 5.53. The van der Waals surface area contributed by atoms with Crippen molar-refractivity contribution in [3.8, 4) is 0 Å². The number of aliphatic imine (C=N–C) groups is 1. The molecule has 0 radical (unpaired) electrons. The molecular formula is C19H31IN6OS. The Balaban J connectivity index is 0.00000280. The van der Waals surface area contributed by atoms with Gasteiger partial charge in [0.25, 0.3) is 0 Å². The highest BCUT2D eigenvalue weighted by Crippen LogP contribution is 2.23. The molecule has 0 aromatic carbocycles. The monoisotopic (exact) mass is 518 g/mol.